The van der Waals surface area contributed by atoms with Gasteiger partial charge in [0.05, 0.1) is 12.4 Å². The molecule has 2 aromatic rings. The van der Waals surface area contributed by atoms with Crippen LogP contribution in [0, 0.1) is 6.92 Å². The third kappa shape index (κ3) is 2.93. The molecule has 0 saturated carbocycles. The highest BCUT2D eigenvalue weighted by molar-refractivity contribution is 5.76. The highest BCUT2D eigenvalue weighted by Gasteiger charge is 2.25. The molecule has 1 N–H and O–H groups in total. The minimum Gasteiger partial charge on any atom is -0.364 e. The number of rotatable bonds is 4. The number of amides is 1. The molecular formula is C15H20N6O. The monoisotopic (exact) mass is 300 g/mol. The largest absolute Gasteiger partial charge is 0.364 e. The third-order valence-corrected chi connectivity index (χ3v) is 3.89. The molecule has 1 aliphatic rings. The summed E-state index contributed by atoms with van der Waals surface area (Å²) in [6.07, 6.45) is 8.51. The van der Waals surface area contributed by atoms with E-state index in [1.54, 1.807) is 18.6 Å². The van der Waals surface area contributed by atoms with Crippen LogP contribution in [0.25, 0.3) is 5.82 Å². The van der Waals surface area contributed by atoms with Crippen LogP contribution in [0.1, 0.15) is 25.6 Å². The van der Waals surface area contributed by atoms with Gasteiger partial charge in [-0.2, -0.15) is 0 Å². The van der Waals surface area contributed by atoms with E-state index in [1.165, 1.54) is 0 Å². The second kappa shape index (κ2) is 6.13. The maximum atomic E-state index is 11.7. The Balaban J connectivity index is 1.69. The topological polar surface area (TPSA) is 75.9 Å². The highest BCUT2D eigenvalue weighted by Crippen LogP contribution is 2.16. The van der Waals surface area contributed by atoms with Gasteiger partial charge in [0, 0.05) is 37.9 Å². The van der Waals surface area contributed by atoms with Crippen LogP contribution in [0.5, 0.6) is 0 Å². The van der Waals surface area contributed by atoms with Crippen molar-refractivity contribution in [2.75, 3.05) is 18.4 Å². The summed E-state index contributed by atoms with van der Waals surface area (Å²) < 4.78 is 1.89. The molecule has 3 heterocycles. The summed E-state index contributed by atoms with van der Waals surface area (Å²) in [7, 11) is 0. The summed E-state index contributed by atoms with van der Waals surface area (Å²) in [5.41, 5.74) is 0. The van der Waals surface area contributed by atoms with Crippen molar-refractivity contribution < 1.29 is 4.79 Å². The van der Waals surface area contributed by atoms with Crippen molar-refractivity contribution in [2.45, 2.75) is 32.7 Å². The normalized spacial score (nSPS) is 17.7. The van der Waals surface area contributed by atoms with Crippen molar-refractivity contribution in [3.63, 3.8) is 0 Å². The van der Waals surface area contributed by atoms with Gasteiger partial charge in [-0.25, -0.2) is 9.97 Å². The molecule has 7 heteroatoms. The van der Waals surface area contributed by atoms with E-state index in [2.05, 4.69) is 20.3 Å². The van der Waals surface area contributed by atoms with Crippen molar-refractivity contribution in [1.29, 1.82) is 0 Å². The number of carbonyl (C=O) groups excluding carboxylic acids is 1. The standard InChI is InChI=1S/C15H20N6O/c1-3-15(22)20-6-4-12(10-20)18-13-8-16-9-14(19-13)21-7-5-17-11(21)2/h5,7-9,12H,3-4,6,10H2,1-2H3,(H,18,19)/t12-/m0/s1. The Bertz CT molecular complexity index is 668. The number of nitrogens with one attached hydrogen (secondary N) is 1. The molecule has 2 aromatic heterocycles. The summed E-state index contributed by atoms with van der Waals surface area (Å²) in [5, 5.41) is 3.37. The van der Waals surface area contributed by atoms with Crippen LogP contribution in [0.2, 0.25) is 0 Å². The number of hydrogen-bond donors (Lipinski definition) is 1. The van der Waals surface area contributed by atoms with Crippen LogP contribution in [0.15, 0.2) is 24.8 Å². The van der Waals surface area contributed by atoms with Gasteiger partial charge in [0.25, 0.3) is 0 Å². The van der Waals surface area contributed by atoms with Gasteiger partial charge >= 0.3 is 0 Å². The molecule has 0 unspecified atom stereocenters. The lowest BCUT2D eigenvalue weighted by Crippen LogP contribution is -2.31. The molecule has 0 aliphatic carbocycles. The Hall–Kier alpha value is -2.44. The quantitative estimate of drug-likeness (QED) is 0.923. The molecule has 1 saturated heterocycles. The summed E-state index contributed by atoms with van der Waals surface area (Å²) in [5.74, 6) is 2.53. The van der Waals surface area contributed by atoms with Crippen LogP contribution >= 0.6 is 0 Å². The van der Waals surface area contributed by atoms with Gasteiger partial charge in [-0.05, 0) is 13.3 Å². The number of imidazole rings is 1. The fourth-order valence-electron chi connectivity index (χ4n) is 2.70. The van der Waals surface area contributed by atoms with Gasteiger partial charge < -0.3 is 10.2 Å². The molecule has 0 aromatic carbocycles. The van der Waals surface area contributed by atoms with Gasteiger partial charge in [0.2, 0.25) is 5.91 Å². The second-order valence-corrected chi connectivity index (χ2v) is 5.43. The van der Waals surface area contributed by atoms with Gasteiger partial charge in [-0.15, -0.1) is 0 Å². The van der Waals surface area contributed by atoms with Crippen LogP contribution in [-0.4, -0.2) is 49.5 Å². The van der Waals surface area contributed by atoms with Crippen molar-refractivity contribution >= 4 is 11.7 Å². The van der Waals surface area contributed by atoms with Crippen LogP contribution in [0.4, 0.5) is 5.82 Å². The number of hydrogen-bond acceptors (Lipinski definition) is 5. The van der Waals surface area contributed by atoms with E-state index in [9.17, 15) is 4.79 Å². The Morgan fingerprint density at radius 3 is 3.05 bits per heavy atom. The second-order valence-electron chi connectivity index (χ2n) is 5.43. The van der Waals surface area contributed by atoms with Gasteiger partial charge in [-0.3, -0.25) is 14.3 Å². The van der Waals surface area contributed by atoms with Gasteiger partial charge in [0.1, 0.15) is 11.6 Å². The van der Waals surface area contributed by atoms with Crippen molar-refractivity contribution in [3.05, 3.63) is 30.6 Å². The van der Waals surface area contributed by atoms with Crippen molar-refractivity contribution in [2.24, 2.45) is 0 Å². The number of aromatic nitrogens is 4. The zero-order valence-electron chi connectivity index (χ0n) is 12.9. The molecule has 1 atom stereocenters. The molecule has 3 rings (SSSR count). The van der Waals surface area contributed by atoms with E-state index < -0.39 is 0 Å². The van der Waals surface area contributed by atoms with E-state index in [0.29, 0.717) is 6.42 Å². The van der Waals surface area contributed by atoms with Crippen molar-refractivity contribution in [1.82, 2.24) is 24.4 Å². The average Bonchev–Trinajstić information content (AvgIpc) is 3.16. The summed E-state index contributed by atoms with van der Waals surface area (Å²) >= 11 is 0. The first kappa shape index (κ1) is 14.5. The molecule has 7 nitrogen and oxygen atoms in total. The molecule has 1 amide bonds. The Morgan fingerprint density at radius 1 is 1.45 bits per heavy atom. The Kier molecular flexibility index (Phi) is 4.04. The molecule has 0 spiro atoms. The summed E-state index contributed by atoms with van der Waals surface area (Å²) in [4.78, 5) is 26.6. The van der Waals surface area contributed by atoms with E-state index in [-0.39, 0.29) is 11.9 Å². The minimum atomic E-state index is 0.207. The van der Waals surface area contributed by atoms with E-state index in [4.69, 9.17) is 0 Å². The van der Waals surface area contributed by atoms with Crippen LogP contribution < -0.4 is 5.32 Å². The molecule has 0 bridgehead atoms. The molecule has 1 fully saturated rings. The van der Waals surface area contributed by atoms with E-state index >= 15 is 0 Å². The average molecular weight is 300 g/mol. The number of carbonyl (C=O) groups is 1. The molecule has 22 heavy (non-hydrogen) atoms. The third-order valence-electron chi connectivity index (χ3n) is 3.89. The van der Waals surface area contributed by atoms with E-state index in [1.807, 2.05) is 29.5 Å². The Morgan fingerprint density at radius 2 is 2.32 bits per heavy atom. The molecule has 1 aliphatic heterocycles. The van der Waals surface area contributed by atoms with Crippen LogP contribution in [-0.2, 0) is 4.79 Å². The van der Waals surface area contributed by atoms with Gasteiger partial charge in [0.15, 0.2) is 5.82 Å². The zero-order chi connectivity index (χ0) is 15.5. The molecule has 116 valence electrons. The Labute approximate surface area is 129 Å². The van der Waals surface area contributed by atoms with Gasteiger partial charge in [-0.1, -0.05) is 6.92 Å². The molecule has 0 radical (unpaired) electrons. The number of nitrogens with zero attached hydrogens (tertiary/aromatic N) is 5. The number of aryl methyl sites for hydroxylation is 1. The number of anilines is 1. The number of likely N-dealkylation sites (tertiary alicyclic amines) is 1. The summed E-state index contributed by atoms with van der Waals surface area (Å²) in [6.45, 7) is 5.35. The SMILES string of the molecule is CCC(=O)N1CC[C@H](Nc2cncc(-n3ccnc3C)n2)C1. The first-order valence-electron chi connectivity index (χ1n) is 7.54. The minimum absolute atomic E-state index is 0.207. The first-order chi connectivity index (χ1) is 10.7. The lowest BCUT2D eigenvalue weighted by Gasteiger charge is -2.16. The highest BCUT2D eigenvalue weighted by atomic mass is 16.2. The fourth-order valence-corrected chi connectivity index (χ4v) is 2.70. The predicted molar refractivity (Wildman–Crippen MR) is 82.8 cm³/mol. The summed E-state index contributed by atoms with van der Waals surface area (Å²) in [6, 6.07) is 0.226. The fraction of sp³-hybridized carbons (Fsp3) is 0.467. The lowest BCUT2D eigenvalue weighted by molar-refractivity contribution is -0.129. The lowest BCUT2D eigenvalue weighted by atomic mass is 10.2. The molecular weight excluding hydrogens is 280 g/mol. The zero-order valence-corrected chi connectivity index (χ0v) is 12.9. The van der Waals surface area contributed by atoms with Crippen LogP contribution in [0.3, 0.4) is 0 Å². The predicted octanol–water partition coefficient (Wildman–Crippen LogP) is 1.39. The van der Waals surface area contributed by atoms with Crippen molar-refractivity contribution in [3.8, 4) is 5.82 Å². The first-order valence-corrected chi connectivity index (χ1v) is 7.54. The maximum absolute atomic E-state index is 11.7. The van der Waals surface area contributed by atoms with E-state index in [0.717, 1.165) is 37.0 Å². The maximum Gasteiger partial charge on any atom is 0.222 e. The smallest absolute Gasteiger partial charge is 0.222 e.